The van der Waals surface area contributed by atoms with Gasteiger partial charge in [-0.05, 0) is 47.3 Å². The Morgan fingerprint density at radius 1 is 1.28 bits per heavy atom. The zero-order chi connectivity index (χ0) is 20.3. The van der Waals surface area contributed by atoms with Gasteiger partial charge in [-0.2, -0.15) is 0 Å². The highest BCUT2D eigenvalue weighted by Gasteiger charge is 2.39. The third-order valence-electron chi connectivity index (χ3n) is 5.15. The number of nitrogens with two attached hydrogens (primary N) is 1. The molecule has 0 aliphatic carbocycles. The Labute approximate surface area is 174 Å². The van der Waals surface area contributed by atoms with Crippen LogP contribution in [0.1, 0.15) is 12.0 Å². The molecule has 1 fully saturated rings. The molecule has 1 aromatic heterocycles. The van der Waals surface area contributed by atoms with E-state index in [4.69, 9.17) is 26.8 Å². The fourth-order valence-corrected chi connectivity index (χ4v) is 4.03. The van der Waals surface area contributed by atoms with Crippen molar-refractivity contribution in [1.29, 1.82) is 0 Å². The van der Waals surface area contributed by atoms with E-state index in [0.717, 1.165) is 18.6 Å². The predicted octanol–water partition coefficient (Wildman–Crippen LogP) is 3.35. The molecule has 1 aliphatic heterocycles. The minimum absolute atomic E-state index is 0.0981. The van der Waals surface area contributed by atoms with Gasteiger partial charge in [0.1, 0.15) is 18.0 Å². The lowest BCUT2D eigenvalue weighted by Crippen LogP contribution is -2.56. The van der Waals surface area contributed by atoms with Gasteiger partial charge in [0.05, 0.1) is 13.0 Å². The normalized spacial score (nSPS) is 20.0. The van der Waals surface area contributed by atoms with Gasteiger partial charge in [0, 0.05) is 36.4 Å². The SMILES string of the molecule is NC(=O)CC1(COc2cccc(Cl)c2)CN(Cc2ccc3[nH]ccc3c2)CCO1. The highest BCUT2D eigenvalue weighted by Crippen LogP contribution is 2.26. The number of primary amides is 1. The van der Waals surface area contributed by atoms with E-state index < -0.39 is 11.5 Å². The van der Waals surface area contributed by atoms with Gasteiger partial charge < -0.3 is 20.2 Å². The molecule has 0 bridgehead atoms. The second-order valence-corrected chi connectivity index (χ2v) is 7.97. The summed E-state index contributed by atoms with van der Waals surface area (Å²) in [5.74, 6) is 0.232. The third-order valence-corrected chi connectivity index (χ3v) is 5.38. The van der Waals surface area contributed by atoms with Crippen LogP contribution in [-0.2, 0) is 16.1 Å². The summed E-state index contributed by atoms with van der Waals surface area (Å²) in [5, 5.41) is 1.78. The van der Waals surface area contributed by atoms with Crippen LogP contribution in [0.2, 0.25) is 5.02 Å². The molecule has 0 spiro atoms. The molecule has 3 N–H and O–H groups in total. The molecule has 1 amide bonds. The molecule has 2 aromatic carbocycles. The second kappa shape index (κ2) is 8.45. The van der Waals surface area contributed by atoms with Crippen molar-refractivity contribution in [2.75, 3.05) is 26.3 Å². The van der Waals surface area contributed by atoms with Gasteiger partial charge in [-0.15, -0.1) is 0 Å². The average Bonchev–Trinajstić information content (AvgIpc) is 3.14. The maximum atomic E-state index is 11.8. The molecule has 6 nitrogen and oxygen atoms in total. The van der Waals surface area contributed by atoms with Crippen molar-refractivity contribution in [2.45, 2.75) is 18.6 Å². The minimum Gasteiger partial charge on any atom is -0.490 e. The molecule has 152 valence electrons. The van der Waals surface area contributed by atoms with Crippen LogP contribution in [0.25, 0.3) is 10.9 Å². The fourth-order valence-electron chi connectivity index (χ4n) is 3.85. The van der Waals surface area contributed by atoms with Gasteiger partial charge in [-0.3, -0.25) is 9.69 Å². The number of aromatic amines is 1. The van der Waals surface area contributed by atoms with E-state index in [0.29, 0.717) is 23.9 Å². The minimum atomic E-state index is -0.787. The second-order valence-electron chi connectivity index (χ2n) is 7.53. The van der Waals surface area contributed by atoms with Gasteiger partial charge in [0.15, 0.2) is 0 Å². The number of ether oxygens (including phenoxy) is 2. The Bertz CT molecular complexity index is 1010. The van der Waals surface area contributed by atoms with Crippen LogP contribution in [0.5, 0.6) is 5.75 Å². The van der Waals surface area contributed by atoms with E-state index in [1.54, 1.807) is 12.1 Å². The maximum absolute atomic E-state index is 11.8. The number of halogens is 1. The molecule has 1 saturated heterocycles. The van der Waals surface area contributed by atoms with Crippen molar-refractivity contribution in [3.05, 3.63) is 65.3 Å². The van der Waals surface area contributed by atoms with Crippen LogP contribution < -0.4 is 10.5 Å². The number of benzene rings is 2. The van der Waals surface area contributed by atoms with Crippen LogP contribution in [0.4, 0.5) is 0 Å². The highest BCUT2D eigenvalue weighted by atomic mass is 35.5. The van der Waals surface area contributed by atoms with E-state index in [-0.39, 0.29) is 13.0 Å². The number of carbonyl (C=O) groups is 1. The van der Waals surface area contributed by atoms with Crippen molar-refractivity contribution in [2.24, 2.45) is 5.73 Å². The van der Waals surface area contributed by atoms with Crippen LogP contribution in [0, 0.1) is 0 Å². The number of rotatable bonds is 7. The average molecular weight is 414 g/mol. The molecule has 29 heavy (non-hydrogen) atoms. The van der Waals surface area contributed by atoms with Gasteiger partial charge in [-0.1, -0.05) is 23.7 Å². The lowest BCUT2D eigenvalue weighted by molar-refractivity contribution is -0.148. The van der Waals surface area contributed by atoms with Crippen LogP contribution >= 0.6 is 11.6 Å². The van der Waals surface area contributed by atoms with Crippen molar-refractivity contribution < 1.29 is 14.3 Å². The summed E-state index contributed by atoms with van der Waals surface area (Å²) >= 11 is 6.04. The van der Waals surface area contributed by atoms with E-state index in [1.807, 2.05) is 18.3 Å². The molecule has 1 aliphatic rings. The number of hydrogen-bond donors (Lipinski definition) is 2. The molecule has 1 atom stereocenters. The maximum Gasteiger partial charge on any atom is 0.220 e. The summed E-state index contributed by atoms with van der Waals surface area (Å²) in [4.78, 5) is 17.3. The number of morpholine rings is 1. The number of H-pyrrole nitrogens is 1. The zero-order valence-electron chi connectivity index (χ0n) is 16.1. The van der Waals surface area contributed by atoms with Gasteiger partial charge in [0.25, 0.3) is 0 Å². The molecule has 0 saturated carbocycles. The molecule has 7 heteroatoms. The summed E-state index contributed by atoms with van der Waals surface area (Å²) in [6, 6.07) is 15.6. The van der Waals surface area contributed by atoms with E-state index in [9.17, 15) is 4.79 Å². The standard InChI is InChI=1S/C22H24ClN3O3/c23-18-2-1-3-19(11-18)28-15-22(12-21(24)27)14-26(8-9-29-22)13-16-4-5-20-17(10-16)6-7-25-20/h1-7,10-11,25H,8-9,12-15H2,(H2,24,27). The Morgan fingerprint density at radius 3 is 3.00 bits per heavy atom. The lowest BCUT2D eigenvalue weighted by atomic mass is 9.97. The first-order valence-corrected chi connectivity index (χ1v) is 9.98. The van der Waals surface area contributed by atoms with Crippen LogP contribution in [-0.4, -0.2) is 47.7 Å². The van der Waals surface area contributed by atoms with Crippen molar-refractivity contribution in [3.8, 4) is 5.75 Å². The number of amides is 1. The summed E-state index contributed by atoms with van der Waals surface area (Å²) in [7, 11) is 0. The monoisotopic (exact) mass is 413 g/mol. The molecular weight excluding hydrogens is 390 g/mol. The van der Waals surface area contributed by atoms with Gasteiger partial charge >= 0.3 is 0 Å². The molecule has 1 unspecified atom stereocenters. The first-order valence-electron chi connectivity index (χ1n) is 9.60. The Kier molecular flexibility index (Phi) is 5.76. The van der Waals surface area contributed by atoms with E-state index in [2.05, 4.69) is 34.1 Å². The van der Waals surface area contributed by atoms with E-state index in [1.165, 1.54) is 10.9 Å². The van der Waals surface area contributed by atoms with Crippen molar-refractivity contribution in [3.63, 3.8) is 0 Å². The number of nitrogens with one attached hydrogen (secondary N) is 1. The Morgan fingerprint density at radius 2 is 2.17 bits per heavy atom. The largest absolute Gasteiger partial charge is 0.490 e. The third kappa shape index (κ3) is 4.90. The quantitative estimate of drug-likeness (QED) is 0.622. The lowest BCUT2D eigenvalue weighted by Gasteiger charge is -2.42. The first-order chi connectivity index (χ1) is 14.0. The first kappa shape index (κ1) is 19.8. The van der Waals surface area contributed by atoms with E-state index >= 15 is 0 Å². The molecular formula is C22H24ClN3O3. The summed E-state index contributed by atoms with van der Waals surface area (Å²) < 4.78 is 12.0. The summed E-state index contributed by atoms with van der Waals surface area (Å²) in [5.41, 5.74) is 7.08. The smallest absolute Gasteiger partial charge is 0.220 e. The summed E-state index contributed by atoms with van der Waals surface area (Å²) in [6.45, 7) is 2.84. The van der Waals surface area contributed by atoms with Gasteiger partial charge in [-0.25, -0.2) is 0 Å². The highest BCUT2D eigenvalue weighted by molar-refractivity contribution is 6.30. The van der Waals surface area contributed by atoms with Crippen LogP contribution in [0.15, 0.2) is 54.7 Å². The Hall–Kier alpha value is -2.54. The fraction of sp³-hybridized carbons (Fsp3) is 0.318. The number of fused-ring (bicyclic) bond motifs is 1. The van der Waals surface area contributed by atoms with Crippen LogP contribution in [0.3, 0.4) is 0 Å². The van der Waals surface area contributed by atoms with Gasteiger partial charge in [0.2, 0.25) is 5.91 Å². The zero-order valence-corrected chi connectivity index (χ0v) is 16.8. The molecule has 2 heterocycles. The topological polar surface area (TPSA) is 80.6 Å². The van der Waals surface area contributed by atoms with Crippen molar-refractivity contribution in [1.82, 2.24) is 9.88 Å². The molecule has 3 aromatic rings. The molecule has 4 rings (SSSR count). The van der Waals surface area contributed by atoms with Crippen molar-refractivity contribution >= 4 is 28.4 Å². The number of nitrogens with zero attached hydrogens (tertiary/aromatic N) is 1. The predicted molar refractivity (Wildman–Crippen MR) is 113 cm³/mol. The summed E-state index contributed by atoms with van der Waals surface area (Å²) in [6.07, 6.45) is 2.04. The number of hydrogen-bond acceptors (Lipinski definition) is 4. The number of carbonyl (C=O) groups excluding carboxylic acids is 1. The Balaban J connectivity index is 1.48. The number of aromatic nitrogens is 1. The molecule has 0 radical (unpaired) electrons.